The molecule has 0 aromatic heterocycles. The molecule has 0 atom stereocenters. The lowest BCUT2D eigenvalue weighted by Crippen LogP contribution is -2.38. The minimum atomic E-state index is 0.821. The molecule has 0 aromatic rings. The van der Waals surface area contributed by atoms with Crippen LogP contribution in [0.25, 0.3) is 0 Å². The van der Waals surface area contributed by atoms with Gasteiger partial charge in [-0.3, -0.25) is 0 Å². The van der Waals surface area contributed by atoms with E-state index in [1.807, 2.05) is 0 Å². The molecule has 0 amide bonds. The van der Waals surface area contributed by atoms with Crippen LogP contribution in [0.2, 0.25) is 0 Å². The second-order valence-corrected chi connectivity index (χ2v) is 5.17. The predicted octanol–water partition coefficient (Wildman–Crippen LogP) is 2.40. The maximum absolute atomic E-state index is 5.64. The molecular formula is C14H30N2O. The maximum Gasteiger partial charge on any atom is 0.0462 e. The second-order valence-electron chi connectivity index (χ2n) is 5.17. The van der Waals surface area contributed by atoms with Gasteiger partial charge in [0, 0.05) is 19.8 Å². The highest BCUT2D eigenvalue weighted by Gasteiger charge is 2.19. The van der Waals surface area contributed by atoms with Crippen molar-refractivity contribution in [3.63, 3.8) is 0 Å². The van der Waals surface area contributed by atoms with E-state index in [2.05, 4.69) is 4.90 Å². The monoisotopic (exact) mass is 242 g/mol. The summed E-state index contributed by atoms with van der Waals surface area (Å²) < 4.78 is 5.11. The van der Waals surface area contributed by atoms with E-state index >= 15 is 0 Å². The fourth-order valence-electron chi connectivity index (χ4n) is 2.78. The highest BCUT2D eigenvalue weighted by atomic mass is 16.5. The van der Waals surface area contributed by atoms with Crippen molar-refractivity contribution < 1.29 is 4.74 Å². The van der Waals surface area contributed by atoms with Crippen LogP contribution < -0.4 is 5.73 Å². The average molecular weight is 242 g/mol. The first-order valence-electron chi connectivity index (χ1n) is 7.31. The fourth-order valence-corrected chi connectivity index (χ4v) is 2.78. The summed E-state index contributed by atoms with van der Waals surface area (Å²) in [6.45, 7) is 4.14. The van der Waals surface area contributed by atoms with Gasteiger partial charge in [0.2, 0.25) is 0 Å². The predicted molar refractivity (Wildman–Crippen MR) is 73.2 cm³/mol. The summed E-state index contributed by atoms with van der Waals surface area (Å²) in [4.78, 5) is 2.68. The van der Waals surface area contributed by atoms with E-state index in [4.69, 9.17) is 10.5 Å². The molecule has 1 fully saturated rings. The number of methoxy groups -OCH3 is 1. The summed E-state index contributed by atoms with van der Waals surface area (Å²) >= 11 is 0. The van der Waals surface area contributed by atoms with Gasteiger partial charge in [0.05, 0.1) is 0 Å². The van der Waals surface area contributed by atoms with Gasteiger partial charge >= 0.3 is 0 Å². The quantitative estimate of drug-likeness (QED) is 0.631. The Labute approximate surface area is 107 Å². The first-order valence-corrected chi connectivity index (χ1v) is 7.31. The van der Waals surface area contributed by atoms with Crippen LogP contribution in [0.5, 0.6) is 0 Å². The molecule has 1 rings (SSSR count). The Kier molecular flexibility index (Phi) is 8.67. The Balaban J connectivity index is 2.25. The lowest BCUT2D eigenvalue weighted by Gasteiger charge is -2.34. The number of ether oxygens (including phenoxy) is 1. The summed E-state index contributed by atoms with van der Waals surface area (Å²) in [6.07, 6.45) is 10.6. The smallest absolute Gasteiger partial charge is 0.0462 e. The van der Waals surface area contributed by atoms with Crippen molar-refractivity contribution in [1.29, 1.82) is 0 Å². The molecule has 0 saturated heterocycles. The number of hydrogen-bond donors (Lipinski definition) is 1. The van der Waals surface area contributed by atoms with Gasteiger partial charge in [-0.25, -0.2) is 0 Å². The first-order chi connectivity index (χ1) is 8.38. The van der Waals surface area contributed by atoms with Gasteiger partial charge < -0.3 is 15.4 Å². The van der Waals surface area contributed by atoms with Crippen molar-refractivity contribution in [2.24, 2.45) is 5.73 Å². The molecule has 3 heteroatoms. The molecule has 102 valence electrons. The van der Waals surface area contributed by atoms with Gasteiger partial charge in [-0.15, -0.1) is 0 Å². The number of hydrogen-bond acceptors (Lipinski definition) is 3. The van der Waals surface area contributed by atoms with Gasteiger partial charge in [0.15, 0.2) is 0 Å². The lowest BCUT2D eigenvalue weighted by atomic mass is 9.94. The molecule has 1 saturated carbocycles. The minimum absolute atomic E-state index is 0.821. The van der Waals surface area contributed by atoms with Crippen LogP contribution in [0.4, 0.5) is 0 Å². The normalized spacial score (nSPS) is 17.8. The van der Waals surface area contributed by atoms with Crippen molar-refractivity contribution in [2.45, 2.75) is 57.4 Å². The van der Waals surface area contributed by atoms with Crippen LogP contribution in [-0.4, -0.2) is 44.3 Å². The molecule has 1 aliphatic carbocycles. The third-order valence-corrected chi connectivity index (χ3v) is 3.78. The number of nitrogens with two attached hydrogens (primary N) is 1. The van der Waals surface area contributed by atoms with Crippen LogP contribution in [0, 0.1) is 0 Å². The molecule has 0 bridgehead atoms. The van der Waals surface area contributed by atoms with Crippen molar-refractivity contribution in [1.82, 2.24) is 4.90 Å². The third kappa shape index (κ3) is 6.39. The summed E-state index contributed by atoms with van der Waals surface area (Å²) in [6, 6.07) is 0.831. The standard InChI is InChI=1S/C14H30N2O/c1-17-13-6-5-11-16(12-7-10-15)14-8-3-2-4-9-14/h14H,2-13,15H2,1H3. The molecule has 1 aliphatic rings. The topological polar surface area (TPSA) is 38.5 Å². The molecule has 0 spiro atoms. The molecule has 2 N–H and O–H groups in total. The highest BCUT2D eigenvalue weighted by Crippen LogP contribution is 2.23. The van der Waals surface area contributed by atoms with Crippen LogP contribution in [0.3, 0.4) is 0 Å². The zero-order chi connectivity index (χ0) is 12.3. The minimum Gasteiger partial charge on any atom is -0.385 e. The van der Waals surface area contributed by atoms with E-state index in [1.54, 1.807) is 7.11 Å². The van der Waals surface area contributed by atoms with Gasteiger partial charge in [-0.1, -0.05) is 19.3 Å². The molecule has 3 nitrogen and oxygen atoms in total. The summed E-state index contributed by atoms with van der Waals surface area (Å²) in [5, 5.41) is 0. The van der Waals surface area contributed by atoms with Crippen molar-refractivity contribution in [2.75, 3.05) is 33.4 Å². The second kappa shape index (κ2) is 9.86. The van der Waals surface area contributed by atoms with Crippen LogP contribution >= 0.6 is 0 Å². The zero-order valence-electron chi connectivity index (χ0n) is 11.5. The Morgan fingerprint density at radius 1 is 1.06 bits per heavy atom. The van der Waals surface area contributed by atoms with E-state index in [-0.39, 0.29) is 0 Å². The SMILES string of the molecule is COCCCCN(CCCN)C1CCCCC1. The summed E-state index contributed by atoms with van der Waals surface area (Å²) in [7, 11) is 1.79. The van der Waals surface area contributed by atoms with E-state index in [0.29, 0.717) is 0 Å². The molecule has 0 aliphatic heterocycles. The highest BCUT2D eigenvalue weighted by molar-refractivity contribution is 4.76. The van der Waals surface area contributed by atoms with E-state index in [1.165, 1.54) is 58.0 Å². The number of nitrogens with zero attached hydrogens (tertiary/aromatic N) is 1. The Hall–Kier alpha value is -0.120. The molecule has 0 radical (unpaired) electrons. The van der Waals surface area contributed by atoms with Gasteiger partial charge in [0.1, 0.15) is 0 Å². The molecule has 0 aromatic carbocycles. The van der Waals surface area contributed by atoms with E-state index < -0.39 is 0 Å². The Morgan fingerprint density at radius 2 is 1.76 bits per heavy atom. The van der Waals surface area contributed by atoms with E-state index in [0.717, 1.165) is 25.6 Å². The zero-order valence-corrected chi connectivity index (χ0v) is 11.5. The number of rotatable bonds is 9. The van der Waals surface area contributed by atoms with Gasteiger partial charge in [0.25, 0.3) is 0 Å². The molecular weight excluding hydrogens is 212 g/mol. The molecule has 0 heterocycles. The van der Waals surface area contributed by atoms with Crippen LogP contribution in [-0.2, 0) is 4.74 Å². The van der Waals surface area contributed by atoms with Crippen LogP contribution in [0.15, 0.2) is 0 Å². The van der Waals surface area contributed by atoms with Gasteiger partial charge in [-0.2, -0.15) is 0 Å². The number of unbranched alkanes of at least 4 members (excludes halogenated alkanes) is 1. The summed E-state index contributed by atoms with van der Waals surface area (Å²) in [5.74, 6) is 0. The Morgan fingerprint density at radius 3 is 2.41 bits per heavy atom. The van der Waals surface area contributed by atoms with E-state index in [9.17, 15) is 0 Å². The summed E-state index contributed by atoms with van der Waals surface area (Å²) in [5.41, 5.74) is 5.64. The van der Waals surface area contributed by atoms with Crippen molar-refractivity contribution in [3.8, 4) is 0 Å². The average Bonchev–Trinajstić information content (AvgIpc) is 2.39. The first kappa shape index (κ1) is 14.9. The fraction of sp³-hybridized carbons (Fsp3) is 1.00. The van der Waals surface area contributed by atoms with Gasteiger partial charge in [-0.05, 0) is 51.7 Å². The maximum atomic E-state index is 5.64. The molecule has 0 unspecified atom stereocenters. The van der Waals surface area contributed by atoms with Crippen LogP contribution in [0.1, 0.15) is 51.4 Å². The van der Waals surface area contributed by atoms with Crippen molar-refractivity contribution >= 4 is 0 Å². The Bertz CT molecular complexity index is 170. The molecule has 17 heavy (non-hydrogen) atoms. The third-order valence-electron chi connectivity index (χ3n) is 3.78. The largest absolute Gasteiger partial charge is 0.385 e. The van der Waals surface area contributed by atoms with Crippen molar-refractivity contribution in [3.05, 3.63) is 0 Å². The lowest BCUT2D eigenvalue weighted by molar-refractivity contribution is 0.141.